The number of nitrogens with one attached hydrogen (secondary N) is 1. The highest BCUT2D eigenvalue weighted by atomic mass is 32.2. The van der Waals surface area contributed by atoms with Crippen molar-refractivity contribution >= 4 is 23.4 Å². The van der Waals surface area contributed by atoms with Crippen LogP contribution in [-0.4, -0.2) is 33.5 Å². The second-order valence-corrected chi connectivity index (χ2v) is 7.68. The fourth-order valence-corrected chi connectivity index (χ4v) is 3.83. The third kappa shape index (κ3) is 4.79. The summed E-state index contributed by atoms with van der Waals surface area (Å²) in [5.41, 5.74) is 2.93. The molecule has 0 fully saturated rings. The van der Waals surface area contributed by atoms with Crippen LogP contribution in [0.5, 0.6) is 5.75 Å². The molecular weight excluding hydrogens is 422 g/mol. The van der Waals surface area contributed by atoms with Gasteiger partial charge in [0.1, 0.15) is 5.75 Å². The first-order chi connectivity index (χ1) is 15.7. The van der Waals surface area contributed by atoms with Gasteiger partial charge in [0, 0.05) is 16.9 Å². The second-order valence-electron chi connectivity index (χ2n) is 6.74. The van der Waals surface area contributed by atoms with Gasteiger partial charge in [-0.05, 0) is 48.5 Å². The van der Waals surface area contributed by atoms with Gasteiger partial charge in [-0.1, -0.05) is 42.1 Å². The molecule has 0 bridgehead atoms. The third-order valence-electron chi connectivity index (χ3n) is 4.61. The molecule has 4 rings (SSSR count). The number of thioether (sulfide) groups is 1. The molecule has 8 heteroatoms. The minimum atomic E-state index is -0.176. The number of benzene rings is 3. The number of aromatic nitrogens is 3. The molecule has 0 atom stereocenters. The zero-order chi connectivity index (χ0) is 22.3. The summed E-state index contributed by atoms with van der Waals surface area (Å²) in [5, 5.41) is 21.1. The van der Waals surface area contributed by atoms with Crippen LogP contribution >= 0.6 is 11.8 Å². The van der Waals surface area contributed by atoms with Crippen molar-refractivity contribution in [2.24, 2.45) is 0 Å². The maximum absolute atomic E-state index is 12.5. The van der Waals surface area contributed by atoms with E-state index in [1.54, 1.807) is 31.4 Å². The van der Waals surface area contributed by atoms with E-state index in [0.29, 0.717) is 22.2 Å². The van der Waals surface area contributed by atoms with Crippen LogP contribution in [-0.2, 0) is 4.79 Å². The molecule has 0 aliphatic carbocycles. The number of rotatable bonds is 7. The number of methoxy groups -OCH3 is 1. The fraction of sp³-hybridized carbons (Fsp3) is 0.0833. The van der Waals surface area contributed by atoms with Gasteiger partial charge in [0.15, 0.2) is 11.0 Å². The van der Waals surface area contributed by atoms with Crippen LogP contribution in [0.1, 0.15) is 5.56 Å². The number of nitriles is 1. The van der Waals surface area contributed by atoms with Gasteiger partial charge in [0.2, 0.25) is 5.91 Å². The SMILES string of the molecule is COc1cccc(-c2nnc(SCC(=O)Nc3ccc(C#N)cc3)n2-c2ccccc2)c1. The van der Waals surface area contributed by atoms with Gasteiger partial charge in [-0.15, -0.1) is 10.2 Å². The number of carbonyl (C=O) groups is 1. The summed E-state index contributed by atoms with van der Waals surface area (Å²) in [6, 6.07) is 26.2. The van der Waals surface area contributed by atoms with Crippen molar-refractivity contribution in [1.82, 2.24) is 14.8 Å². The molecule has 0 radical (unpaired) electrons. The Hall–Kier alpha value is -4.09. The minimum Gasteiger partial charge on any atom is -0.497 e. The van der Waals surface area contributed by atoms with E-state index in [0.717, 1.165) is 17.0 Å². The molecule has 1 heterocycles. The molecule has 1 N–H and O–H groups in total. The average Bonchev–Trinajstić information content (AvgIpc) is 3.28. The van der Waals surface area contributed by atoms with E-state index >= 15 is 0 Å². The largest absolute Gasteiger partial charge is 0.497 e. The van der Waals surface area contributed by atoms with Crippen LogP contribution in [0.2, 0.25) is 0 Å². The lowest BCUT2D eigenvalue weighted by molar-refractivity contribution is -0.113. The Bertz CT molecular complexity index is 1260. The van der Waals surface area contributed by atoms with Gasteiger partial charge < -0.3 is 10.1 Å². The van der Waals surface area contributed by atoms with Crippen molar-refractivity contribution in [1.29, 1.82) is 5.26 Å². The van der Waals surface area contributed by atoms with E-state index in [-0.39, 0.29) is 11.7 Å². The summed E-state index contributed by atoms with van der Waals surface area (Å²) < 4.78 is 7.27. The first kappa shape index (κ1) is 21.2. The first-order valence-electron chi connectivity index (χ1n) is 9.76. The van der Waals surface area contributed by atoms with Gasteiger partial charge in [-0.25, -0.2) is 0 Å². The molecule has 3 aromatic carbocycles. The number of carbonyl (C=O) groups excluding carboxylic acids is 1. The molecular formula is C24H19N5O2S. The topological polar surface area (TPSA) is 92.8 Å². The summed E-state index contributed by atoms with van der Waals surface area (Å²) in [5.74, 6) is 1.36. The van der Waals surface area contributed by atoms with Gasteiger partial charge in [-0.3, -0.25) is 9.36 Å². The number of anilines is 1. The smallest absolute Gasteiger partial charge is 0.234 e. The van der Waals surface area contributed by atoms with Gasteiger partial charge >= 0.3 is 0 Å². The molecule has 1 amide bonds. The molecule has 4 aromatic rings. The average molecular weight is 442 g/mol. The van der Waals surface area contributed by atoms with Crippen molar-refractivity contribution in [2.45, 2.75) is 5.16 Å². The molecule has 0 saturated carbocycles. The lowest BCUT2D eigenvalue weighted by Crippen LogP contribution is -2.14. The van der Waals surface area contributed by atoms with Crippen LogP contribution in [0.4, 0.5) is 5.69 Å². The molecule has 0 aliphatic heterocycles. The Morgan fingerprint density at radius 2 is 1.84 bits per heavy atom. The van der Waals surface area contributed by atoms with E-state index in [1.165, 1.54) is 11.8 Å². The quantitative estimate of drug-likeness (QED) is 0.423. The predicted molar refractivity (Wildman–Crippen MR) is 124 cm³/mol. The van der Waals surface area contributed by atoms with Crippen molar-refractivity contribution in [3.63, 3.8) is 0 Å². The molecule has 7 nitrogen and oxygen atoms in total. The predicted octanol–water partition coefficient (Wildman–Crippen LogP) is 4.55. The van der Waals surface area contributed by atoms with Crippen molar-refractivity contribution in [3.05, 3.63) is 84.4 Å². The Kier molecular flexibility index (Phi) is 6.49. The molecule has 158 valence electrons. The van der Waals surface area contributed by atoms with E-state index < -0.39 is 0 Å². The Morgan fingerprint density at radius 3 is 2.56 bits per heavy atom. The maximum Gasteiger partial charge on any atom is 0.234 e. The molecule has 32 heavy (non-hydrogen) atoms. The van der Waals surface area contributed by atoms with Crippen molar-refractivity contribution in [3.8, 4) is 28.9 Å². The number of ether oxygens (including phenoxy) is 1. The highest BCUT2D eigenvalue weighted by Gasteiger charge is 2.17. The van der Waals surface area contributed by atoms with Crippen LogP contribution in [0, 0.1) is 11.3 Å². The summed E-state index contributed by atoms with van der Waals surface area (Å²) in [7, 11) is 1.62. The molecule has 0 saturated heterocycles. The van der Waals surface area contributed by atoms with Crippen molar-refractivity contribution < 1.29 is 9.53 Å². The Labute approximate surface area is 189 Å². The zero-order valence-electron chi connectivity index (χ0n) is 17.2. The maximum atomic E-state index is 12.5. The third-order valence-corrected chi connectivity index (χ3v) is 5.53. The van der Waals surface area contributed by atoms with Gasteiger partial charge in [0.05, 0.1) is 24.5 Å². The Morgan fingerprint density at radius 1 is 1.06 bits per heavy atom. The van der Waals surface area contributed by atoms with Crippen LogP contribution < -0.4 is 10.1 Å². The fourth-order valence-electron chi connectivity index (χ4n) is 3.08. The van der Waals surface area contributed by atoms with E-state index in [1.807, 2.05) is 59.2 Å². The van der Waals surface area contributed by atoms with Crippen molar-refractivity contribution in [2.75, 3.05) is 18.2 Å². The number of para-hydroxylation sites is 1. The monoisotopic (exact) mass is 441 g/mol. The number of hydrogen-bond acceptors (Lipinski definition) is 6. The molecule has 0 aliphatic rings. The normalized spacial score (nSPS) is 10.4. The van der Waals surface area contributed by atoms with Crippen LogP contribution in [0.15, 0.2) is 84.0 Å². The zero-order valence-corrected chi connectivity index (χ0v) is 18.0. The summed E-state index contributed by atoms with van der Waals surface area (Å²) in [6.07, 6.45) is 0. The lowest BCUT2D eigenvalue weighted by atomic mass is 10.2. The number of nitrogens with zero attached hydrogens (tertiary/aromatic N) is 4. The highest BCUT2D eigenvalue weighted by molar-refractivity contribution is 7.99. The van der Waals surface area contributed by atoms with Gasteiger partial charge in [-0.2, -0.15) is 5.26 Å². The molecule has 0 spiro atoms. The standard InChI is InChI=1S/C24H19N5O2S/c1-31-21-9-5-6-18(14-21)23-27-28-24(29(23)20-7-3-2-4-8-20)32-16-22(30)26-19-12-10-17(15-25)11-13-19/h2-14H,16H2,1H3,(H,26,30). The number of hydrogen-bond donors (Lipinski definition) is 1. The van der Waals surface area contributed by atoms with E-state index in [2.05, 4.69) is 21.6 Å². The molecule has 1 aromatic heterocycles. The summed E-state index contributed by atoms with van der Waals surface area (Å²) in [6.45, 7) is 0. The van der Waals surface area contributed by atoms with E-state index in [4.69, 9.17) is 10.00 Å². The summed E-state index contributed by atoms with van der Waals surface area (Å²) >= 11 is 1.30. The van der Waals surface area contributed by atoms with E-state index in [9.17, 15) is 4.79 Å². The lowest BCUT2D eigenvalue weighted by Gasteiger charge is -2.11. The summed E-state index contributed by atoms with van der Waals surface area (Å²) in [4.78, 5) is 12.5. The van der Waals surface area contributed by atoms with Crippen LogP contribution in [0.25, 0.3) is 17.1 Å². The second kappa shape index (κ2) is 9.81. The Balaban J connectivity index is 1.57. The van der Waals surface area contributed by atoms with Crippen LogP contribution in [0.3, 0.4) is 0 Å². The first-order valence-corrected chi connectivity index (χ1v) is 10.7. The minimum absolute atomic E-state index is 0.156. The number of amides is 1. The highest BCUT2D eigenvalue weighted by Crippen LogP contribution is 2.29. The molecule has 0 unspecified atom stereocenters. The van der Waals surface area contributed by atoms with Gasteiger partial charge in [0.25, 0.3) is 0 Å².